The van der Waals surface area contributed by atoms with Crippen molar-refractivity contribution in [3.63, 3.8) is 0 Å². The summed E-state index contributed by atoms with van der Waals surface area (Å²) in [6.45, 7) is 0. The monoisotopic (exact) mass is 351 g/mol. The van der Waals surface area contributed by atoms with Crippen LogP contribution in [0, 0.1) is 0 Å². The van der Waals surface area contributed by atoms with Crippen LogP contribution in [0.4, 0.5) is 0 Å². The zero-order valence-corrected chi connectivity index (χ0v) is 12.8. The van der Waals surface area contributed by atoms with Crippen molar-refractivity contribution in [3.8, 4) is 16.6 Å². The molecule has 0 unspecified atom stereocenters. The van der Waals surface area contributed by atoms with Gasteiger partial charge in [-0.15, -0.1) is 0 Å². The molecule has 0 saturated heterocycles. The predicted octanol–water partition coefficient (Wildman–Crippen LogP) is -2.61. The summed E-state index contributed by atoms with van der Waals surface area (Å²) in [5.74, 6) is 1.66. The standard InChI is InChI=1S/C10H8O2S.2ClH.Zr/c11-8-3-1-4-9(7-8)12-10-5-2-6-13-10;;;/h1-7,11H;2*1H;/q;;;+3/p-3. The van der Waals surface area contributed by atoms with E-state index in [-0.39, 0.29) is 24.8 Å². The fourth-order valence-electron chi connectivity index (χ4n) is 1.04. The van der Waals surface area contributed by atoms with Crippen molar-refractivity contribution in [2.24, 2.45) is 0 Å². The van der Waals surface area contributed by atoms with Crippen molar-refractivity contribution in [3.05, 3.63) is 41.8 Å². The van der Waals surface area contributed by atoms with Crippen LogP contribution in [0.25, 0.3) is 0 Å². The molecular weight excluding hydrogens is 346 g/mol. The molecule has 2 aromatic rings. The van der Waals surface area contributed by atoms with Crippen molar-refractivity contribution < 1.29 is 57.5 Å². The first-order valence-electron chi connectivity index (χ1n) is 4.03. The van der Waals surface area contributed by atoms with Gasteiger partial charge in [0.15, 0.2) is 0 Å². The molecule has 1 aromatic carbocycles. The van der Waals surface area contributed by atoms with Crippen LogP contribution in [0.5, 0.6) is 16.6 Å². The molecular formula is C10H7Cl2O2SZr. The average Bonchev–Trinajstić information content (AvgIpc) is 2.71. The minimum absolute atomic E-state index is 0. The second-order valence-electron chi connectivity index (χ2n) is 2.61. The number of ether oxygens (including phenoxy) is 1. The van der Waals surface area contributed by atoms with E-state index in [9.17, 15) is 0 Å². The molecule has 0 N–H and O–H groups in total. The Morgan fingerprint density at radius 2 is 1.75 bits per heavy atom. The van der Waals surface area contributed by atoms with Crippen LogP contribution in [0.3, 0.4) is 0 Å². The van der Waals surface area contributed by atoms with Gasteiger partial charge < -0.3 is 24.8 Å². The van der Waals surface area contributed by atoms with Crippen molar-refractivity contribution in [1.29, 1.82) is 0 Å². The van der Waals surface area contributed by atoms with Gasteiger partial charge in [0.1, 0.15) is 0 Å². The third-order valence-electron chi connectivity index (χ3n) is 1.64. The molecule has 6 heteroatoms. The van der Waals surface area contributed by atoms with E-state index in [0.717, 1.165) is 41.7 Å². The summed E-state index contributed by atoms with van der Waals surface area (Å²) < 4.78 is 10.8. The number of rotatable bonds is 3. The van der Waals surface area contributed by atoms with Crippen molar-refractivity contribution >= 4 is 11.3 Å². The molecule has 0 aliphatic rings. The van der Waals surface area contributed by atoms with Crippen LogP contribution in [0.2, 0.25) is 0 Å². The summed E-state index contributed by atoms with van der Waals surface area (Å²) in [5.41, 5.74) is 0. The predicted molar refractivity (Wildman–Crippen MR) is 51.5 cm³/mol. The number of hydrogen-bond donors (Lipinski definition) is 0. The van der Waals surface area contributed by atoms with E-state index in [2.05, 4.69) is 0 Å². The molecule has 0 atom stereocenters. The van der Waals surface area contributed by atoms with Gasteiger partial charge in [0.2, 0.25) is 0 Å². The molecule has 0 aliphatic heterocycles. The maximum atomic E-state index is 5.61. The Kier molecular flexibility index (Phi) is 8.12. The van der Waals surface area contributed by atoms with E-state index in [1.807, 2.05) is 41.8 Å². The Labute approximate surface area is 126 Å². The second kappa shape index (κ2) is 8.13. The fraction of sp³-hybridized carbons (Fsp3) is 0. The number of thiophene rings is 1. The van der Waals surface area contributed by atoms with Gasteiger partial charge in [0.05, 0.1) is 0 Å². The van der Waals surface area contributed by atoms with Crippen molar-refractivity contribution in [2.75, 3.05) is 0 Å². The number of halogens is 2. The molecule has 2 nitrogen and oxygen atoms in total. The van der Waals surface area contributed by atoms with Crippen molar-refractivity contribution in [1.82, 2.24) is 0 Å². The van der Waals surface area contributed by atoms with Gasteiger partial charge in [0.25, 0.3) is 0 Å². The van der Waals surface area contributed by atoms with Crippen LogP contribution in [0.1, 0.15) is 0 Å². The fourth-order valence-corrected chi connectivity index (χ4v) is 1.94. The molecule has 1 heterocycles. The maximum absolute atomic E-state index is 5.61. The first-order valence-corrected chi connectivity index (χ1v) is 5.92. The van der Waals surface area contributed by atoms with E-state index in [1.54, 1.807) is 11.3 Å². The molecule has 2 rings (SSSR count). The number of benzene rings is 1. The number of hydrogen-bond acceptors (Lipinski definition) is 3. The molecule has 0 bridgehead atoms. The first-order chi connectivity index (χ1) is 6.88. The Morgan fingerprint density at radius 3 is 2.38 bits per heavy atom. The molecule has 83 valence electrons. The Balaban J connectivity index is 0.00000112. The molecule has 16 heavy (non-hydrogen) atoms. The van der Waals surface area contributed by atoms with E-state index in [0.29, 0.717) is 0 Å². The first kappa shape index (κ1) is 16.0. The summed E-state index contributed by atoms with van der Waals surface area (Å²) in [5, 5.41) is 2.88. The van der Waals surface area contributed by atoms with Crippen LogP contribution in [-0.4, -0.2) is 0 Å². The molecule has 0 fully saturated rings. The van der Waals surface area contributed by atoms with Gasteiger partial charge in [0, 0.05) is 0 Å². The second-order valence-corrected chi connectivity index (χ2v) is 4.02. The van der Waals surface area contributed by atoms with Gasteiger partial charge in [-0.2, -0.15) is 0 Å². The average molecular weight is 353 g/mol. The summed E-state index contributed by atoms with van der Waals surface area (Å²) in [4.78, 5) is 0. The Bertz CT molecular complexity index is 409. The van der Waals surface area contributed by atoms with Crippen molar-refractivity contribution in [2.45, 2.75) is 0 Å². The molecule has 0 saturated carbocycles. The SMILES string of the molecule is [Cl-].[Cl-].[Zr+2][O]c1cccc(Oc2cccs2)c1. The van der Waals surface area contributed by atoms with Gasteiger partial charge in [-0.3, -0.25) is 0 Å². The molecule has 0 spiro atoms. The summed E-state index contributed by atoms with van der Waals surface area (Å²) >= 11 is 2.61. The van der Waals surface area contributed by atoms with Gasteiger partial charge in [-0.05, 0) is 0 Å². The van der Waals surface area contributed by atoms with Gasteiger partial charge in [-0.25, -0.2) is 0 Å². The summed E-state index contributed by atoms with van der Waals surface area (Å²) in [7, 11) is 0. The van der Waals surface area contributed by atoms with Gasteiger partial charge in [-0.1, -0.05) is 0 Å². The minimum atomic E-state index is 0. The zero-order chi connectivity index (χ0) is 9.80. The molecule has 1 aromatic heterocycles. The van der Waals surface area contributed by atoms with Crippen LogP contribution in [0.15, 0.2) is 41.8 Å². The van der Waals surface area contributed by atoms with E-state index < -0.39 is 0 Å². The molecule has 0 radical (unpaired) electrons. The normalized spacial score (nSPS) is 8.62. The third kappa shape index (κ3) is 4.46. The van der Waals surface area contributed by atoms with Gasteiger partial charge >= 0.3 is 102 Å². The van der Waals surface area contributed by atoms with Crippen LogP contribution < -0.4 is 32.4 Å². The van der Waals surface area contributed by atoms with Crippen LogP contribution in [-0.2, 0) is 25.2 Å². The third-order valence-corrected chi connectivity index (χ3v) is 2.96. The van der Waals surface area contributed by atoms with E-state index >= 15 is 0 Å². The Hall–Kier alpha value is -0.0169. The van der Waals surface area contributed by atoms with Crippen LogP contribution >= 0.6 is 11.3 Å². The zero-order valence-electron chi connectivity index (χ0n) is 8.02. The Morgan fingerprint density at radius 1 is 1.00 bits per heavy atom. The molecule has 0 aliphatic carbocycles. The van der Waals surface area contributed by atoms with E-state index in [1.165, 1.54) is 0 Å². The summed E-state index contributed by atoms with van der Waals surface area (Å²) in [6, 6.07) is 11.5. The summed E-state index contributed by atoms with van der Waals surface area (Å²) in [6.07, 6.45) is 0. The topological polar surface area (TPSA) is 18.5 Å². The van der Waals surface area contributed by atoms with E-state index in [4.69, 9.17) is 7.55 Å². The quantitative estimate of drug-likeness (QED) is 0.602. The molecule has 0 amide bonds.